The minimum absolute atomic E-state index is 0.0395. The van der Waals surface area contributed by atoms with Crippen molar-refractivity contribution in [2.75, 3.05) is 34.2 Å². The second kappa shape index (κ2) is 6.94. The Kier molecular flexibility index (Phi) is 4.91. The first-order chi connectivity index (χ1) is 11.5. The van der Waals surface area contributed by atoms with Crippen molar-refractivity contribution in [3.05, 3.63) is 48.2 Å². The number of aromatic nitrogens is 1. The fourth-order valence-electron chi connectivity index (χ4n) is 2.28. The first-order valence-corrected chi connectivity index (χ1v) is 9.86. The van der Waals surface area contributed by atoms with E-state index < -0.39 is 21.7 Å². The molecule has 1 fully saturated rings. The molecule has 1 aliphatic heterocycles. The molecule has 2 heterocycles. The molecule has 1 aromatic heterocycles. The molecule has 3 rings (SSSR count). The number of benzene rings is 1. The minimum Gasteiger partial charge on any atom is -0.355 e. The summed E-state index contributed by atoms with van der Waals surface area (Å²) in [6, 6.07) is 5.91. The summed E-state index contributed by atoms with van der Waals surface area (Å²) >= 11 is 1.87. The van der Waals surface area contributed by atoms with Gasteiger partial charge in [0, 0.05) is 36.9 Å². The van der Waals surface area contributed by atoms with Crippen molar-refractivity contribution in [3.63, 3.8) is 0 Å². The monoisotopic (exact) mass is 371 g/mol. The number of pyridine rings is 1. The lowest BCUT2D eigenvalue weighted by Crippen LogP contribution is -2.33. The zero-order chi connectivity index (χ0) is 17.2. The third-order valence-electron chi connectivity index (χ3n) is 3.54. The molecule has 2 aromatic rings. The highest BCUT2D eigenvalue weighted by molar-refractivity contribution is 7.99. The fourth-order valence-corrected chi connectivity index (χ4v) is 4.18. The van der Waals surface area contributed by atoms with Crippen molar-refractivity contribution in [3.8, 4) is 0 Å². The van der Waals surface area contributed by atoms with Gasteiger partial charge in [-0.3, -0.25) is 4.72 Å². The third-order valence-corrected chi connectivity index (χ3v) is 5.85. The standard InChI is InChI=1S/C15H15F2N3O2S2/c16-13-3-1-11(9-14(13)17)19-24(21,22)12-2-4-15(18-10-12)20-5-7-23-8-6-20/h1-4,9-10,19H,5-8H2. The number of halogens is 2. The predicted octanol–water partition coefficient (Wildman–Crippen LogP) is 2.71. The lowest BCUT2D eigenvalue weighted by molar-refractivity contribution is 0.509. The normalized spacial score (nSPS) is 15.3. The van der Waals surface area contributed by atoms with E-state index in [9.17, 15) is 17.2 Å². The number of thioether (sulfide) groups is 1. The van der Waals surface area contributed by atoms with E-state index in [2.05, 4.69) is 14.6 Å². The molecule has 1 aromatic carbocycles. The summed E-state index contributed by atoms with van der Waals surface area (Å²) in [6.07, 6.45) is 1.26. The molecule has 5 nitrogen and oxygen atoms in total. The minimum atomic E-state index is -3.91. The molecule has 0 atom stereocenters. The third kappa shape index (κ3) is 3.78. The Balaban J connectivity index is 1.77. The van der Waals surface area contributed by atoms with Crippen LogP contribution >= 0.6 is 11.8 Å². The summed E-state index contributed by atoms with van der Waals surface area (Å²) in [7, 11) is -3.91. The molecule has 1 aliphatic rings. The quantitative estimate of drug-likeness (QED) is 0.895. The van der Waals surface area contributed by atoms with Gasteiger partial charge in [0.25, 0.3) is 10.0 Å². The van der Waals surface area contributed by atoms with Crippen LogP contribution in [0, 0.1) is 11.6 Å². The molecule has 0 amide bonds. The summed E-state index contributed by atoms with van der Waals surface area (Å²) in [5, 5.41) is 0. The van der Waals surface area contributed by atoms with E-state index in [0.717, 1.165) is 48.6 Å². The number of anilines is 2. The lowest BCUT2D eigenvalue weighted by Gasteiger charge is -2.27. The second-order valence-electron chi connectivity index (χ2n) is 5.19. The lowest BCUT2D eigenvalue weighted by atomic mass is 10.3. The predicted molar refractivity (Wildman–Crippen MR) is 90.9 cm³/mol. The van der Waals surface area contributed by atoms with E-state index in [0.29, 0.717) is 0 Å². The van der Waals surface area contributed by atoms with Gasteiger partial charge in [-0.2, -0.15) is 11.8 Å². The van der Waals surface area contributed by atoms with Gasteiger partial charge >= 0.3 is 0 Å². The molecular weight excluding hydrogens is 356 g/mol. The van der Waals surface area contributed by atoms with E-state index in [-0.39, 0.29) is 10.6 Å². The zero-order valence-corrected chi connectivity index (χ0v) is 14.2. The molecule has 1 saturated heterocycles. The zero-order valence-electron chi connectivity index (χ0n) is 12.6. The first-order valence-electron chi connectivity index (χ1n) is 7.22. The van der Waals surface area contributed by atoms with Crippen LogP contribution in [0.3, 0.4) is 0 Å². The maximum atomic E-state index is 13.2. The fraction of sp³-hybridized carbons (Fsp3) is 0.267. The Morgan fingerprint density at radius 3 is 2.46 bits per heavy atom. The molecule has 1 N–H and O–H groups in total. The summed E-state index contributed by atoms with van der Waals surface area (Å²) in [6.45, 7) is 1.74. The number of hydrogen-bond donors (Lipinski definition) is 1. The van der Waals surface area contributed by atoms with Gasteiger partial charge in [-0.1, -0.05) is 0 Å². The van der Waals surface area contributed by atoms with Crippen LogP contribution in [0.5, 0.6) is 0 Å². The largest absolute Gasteiger partial charge is 0.355 e. The van der Waals surface area contributed by atoms with Crippen LogP contribution in [0.1, 0.15) is 0 Å². The van der Waals surface area contributed by atoms with Gasteiger partial charge < -0.3 is 4.90 Å². The molecule has 0 radical (unpaired) electrons. The summed E-state index contributed by atoms with van der Waals surface area (Å²) in [4.78, 5) is 6.26. The van der Waals surface area contributed by atoms with E-state index in [1.165, 1.54) is 12.3 Å². The number of nitrogens with one attached hydrogen (secondary N) is 1. The van der Waals surface area contributed by atoms with Gasteiger partial charge in [0.15, 0.2) is 11.6 Å². The molecule has 0 unspecified atom stereocenters. The average Bonchev–Trinajstić information content (AvgIpc) is 2.59. The number of sulfonamides is 1. The number of hydrogen-bond acceptors (Lipinski definition) is 5. The van der Waals surface area contributed by atoms with Crippen LogP contribution in [0.15, 0.2) is 41.4 Å². The highest BCUT2D eigenvalue weighted by atomic mass is 32.2. The van der Waals surface area contributed by atoms with Crippen molar-refractivity contribution in [1.29, 1.82) is 0 Å². The maximum absolute atomic E-state index is 13.2. The van der Waals surface area contributed by atoms with Gasteiger partial charge in [0.1, 0.15) is 10.7 Å². The highest BCUT2D eigenvalue weighted by Gasteiger charge is 2.18. The topological polar surface area (TPSA) is 62.3 Å². The van der Waals surface area contributed by atoms with Gasteiger partial charge in [-0.25, -0.2) is 22.2 Å². The van der Waals surface area contributed by atoms with Crippen molar-refractivity contribution in [2.45, 2.75) is 4.90 Å². The SMILES string of the molecule is O=S(=O)(Nc1ccc(F)c(F)c1)c1ccc(N2CCSCC2)nc1. The average molecular weight is 371 g/mol. The molecule has 9 heteroatoms. The second-order valence-corrected chi connectivity index (χ2v) is 8.09. The Bertz CT molecular complexity index is 823. The van der Waals surface area contributed by atoms with Crippen LogP contribution in [0.25, 0.3) is 0 Å². The Morgan fingerprint density at radius 2 is 1.83 bits per heavy atom. The van der Waals surface area contributed by atoms with Crippen molar-refractivity contribution in [1.82, 2.24) is 4.98 Å². The molecule has 0 aliphatic carbocycles. The molecule has 0 bridgehead atoms. The summed E-state index contributed by atoms with van der Waals surface area (Å²) < 4.78 is 52.9. The van der Waals surface area contributed by atoms with Crippen LogP contribution in [0.4, 0.5) is 20.3 Å². The molecular formula is C15H15F2N3O2S2. The van der Waals surface area contributed by atoms with Crippen LogP contribution in [0.2, 0.25) is 0 Å². The maximum Gasteiger partial charge on any atom is 0.263 e. The van der Waals surface area contributed by atoms with Crippen molar-refractivity contribution < 1.29 is 17.2 Å². The van der Waals surface area contributed by atoms with Gasteiger partial charge in [0.05, 0.1) is 5.69 Å². The van der Waals surface area contributed by atoms with Crippen LogP contribution < -0.4 is 9.62 Å². The molecule has 0 saturated carbocycles. The van der Waals surface area contributed by atoms with Gasteiger partial charge in [-0.15, -0.1) is 0 Å². The van der Waals surface area contributed by atoms with Gasteiger partial charge in [-0.05, 0) is 24.3 Å². The molecule has 0 spiro atoms. The van der Waals surface area contributed by atoms with E-state index in [4.69, 9.17) is 0 Å². The number of rotatable bonds is 4. The van der Waals surface area contributed by atoms with E-state index >= 15 is 0 Å². The van der Waals surface area contributed by atoms with Crippen molar-refractivity contribution in [2.24, 2.45) is 0 Å². The summed E-state index contributed by atoms with van der Waals surface area (Å²) in [5.41, 5.74) is -0.0500. The van der Waals surface area contributed by atoms with Gasteiger partial charge in [0.2, 0.25) is 0 Å². The summed E-state index contributed by atoms with van der Waals surface area (Å²) in [5.74, 6) is 0.594. The van der Waals surface area contributed by atoms with Crippen LogP contribution in [-0.2, 0) is 10.0 Å². The Labute approximate surface area is 143 Å². The Hall–Kier alpha value is -1.87. The highest BCUT2D eigenvalue weighted by Crippen LogP contribution is 2.21. The molecule has 24 heavy (non-hydrogen) atoms. The van der Waals surface area contributed by atoms with E-state index in [1.807, 2.05) is 11.8 Å². The number of nitrogens with zero attached hydrogens (tertiary/aromatic N) is 2. The smallest absolute Gasteiger partial charge is 0.263 e. The van der Waals surface area contributed by atoms with Crippen LogP contribution in [-0.4, -0.2) is 38.0 Å². The Morgan fingerprint density at radius 1 is 1.08 bits per heavy atom. The van der Waals surface area contributed by atoms with E-state index in [1.54, 1.807) is 6.07 Å². The molecule has 128 valence electrons. The van der Waals surface area contributed by atoms with Crippen molar-refractivity contribution >= 4 is 33.3 Å². The first kappa shape index (κ1) is 17.0.